The Morgan fingerprint density at radius 1 is 1.39 bits per heavy atom. The van der Waals surface area contributed by atoms with Crippen molar-refractivity contribution in [1.29, 1.82) is 0 Å². The van der Waals surface area contributed by atoms with Gasteiger partial charge in [-0.3, -0.25) is 4.90 Å². The quantitative estimate of drug-likeness (QED) is 0.684. The average Bonchev–Trinajstić information content (AvgIpc) is 2.97. The predicted octanol–water partition coefficient (Wildman–Crippen LogP) is 0.680. The lowest BCUT2D eigenvalue weighted by atomic mass is 10.3. The van der Waals surface area contributed by atoms with Crippen LogP contribution in [0, 0.1) is 0 Å². The number of hydrogen-bond acceptors (Lipinski definition) is 7. The summed E-state index contributed by atoms with van der Waals surface area (Å²) in [4.78, 5) is 7.52. The molecule has 1 N–H and O–H groups in total. The molecule has 1 aliphatic heterocycles. The number of aliphatic hydroxyl groups excluding tert-OH is 1. The van der Waals surface area contributed by atoms with Crippen molar-refractivity contribution in [3.05, 3.63) is 16.1 Å². The van der Waals surface area contributed by atoms with E-state index in [1.54, 1.807) is 24.5 Å². The summed E-state index contributed by atoms with van der Waals surface area (Å²) in [6.07, 6.45) is 1.78. The van der Waals surface area contributed by atoms with Crippen molar-refractivity contribution in [2.45, 2.75) is 26.0 Å². The van der Waals surface area contributed by atoms with E-state index in [-0.39, 0.29) is 5.75 Å². The molecular formula is C14H25N3O4S2. The maximum atomic E-state index is 12.2. The molecule has 0 aliphatic carbocycles. The van der Waals surface area contributed by atoms with Gasteiger partial charge in [0.2, 0.25) is 10.0 Å². The second kappa shape index (κ2) is 8.50. The van der Waals surface area contributed by atoms with Gasteiger partial charge in [0.05, 0.1) is 5.75 Å². The minimum atomic E-state index is -3.18. The molecule has 2 heterocycles. The first kappa shape index (κ1) is 18.8. The number of piperazine rings is 1. The van der Waals surface area contributed by atoms with Gasteiger partial charge in [-0.2, -0.15) is 4.31 Å². The number of sulfonamides is 1. The van der Waals surface area contributed by atoms with Gasteiger partial charge in [-0.1, -0.05) is 0 Å². The maximum absolute atomic E-state index is 12.2. The topological polar surface area (TPSA) is 83.0 Å². The fraction of sp³-hybridized carbons (Fsp3) is 0.786. The molecule has 0 saturated carbocycles. The highest BCUT2D eigenvalue weighted by molar-refractivity contribution is 7.89. The minimum Gasteiger partial charge on any atom is -0.386 e. The summed E-state index contributed by atoms with van der Waals surface area (Å²) in [7, 11) is -1.60. The number of aromatic nitrogens is 1. The summed E-state index contributed by atoms with van der Waals surface area (Å²) in [6.45, 7) is 5.40. The second-order valence-corrected chi connectivity index (χ2v) is 8.91. The largest absolute Gasteiger partial charge is 0.386 e. The average molecular weight is 364 g/mol. The van der Waals surface area contributed by atoms with E-state index in [0.717, 1.165) is 16.4 Å². The highest BCUT2D eigenvalue weighted by Crippen LogP contribution is 2.21. The number of ether oxygens (including phenoxy) is 1. The Kier molecular flexibility index (Phi) is 6.93. The smallest absolute Gasteiger partial charge is 0.214 e. The van der Waals surface area contributed by atoms with Crippen LogP contribution >= 0.6 is 11.3 Å². The van der Waals surface area contributed by atoms with Crippen molar-refractivity contribution in [3.8, 4) is 0 Å². The molecule has 23 heavy (non-hydrogen) atoms. The number of aliphatic hydroxyl groups is 1. The van der Waals surface area contributed by atoms with Crippen LogP contribution in [0.1, 0.15) is 29.3 Å². The van der Waals surface area contributed by atoms with Crippen molar-refractivity contribution in [3.63, 3.8) is 0 Å². The van der Waals surface area contributed by atoms with Gasteiger partial charge in [0.25, 0.3) is 0 Å². The highest BCUT2D eigenvalue weighted by atomic mass is 32.2. The molecule has 132 valence electrons. The molecule has 0 bridgehead atoms. The molecule has 2 rings (SSSR count). The molecule has 1 fully saturated rings. The first-order chi connectivity index (χ1) is 10.9. The van der Waals surface area contributed by atoms with Crippen LogP contribution < -0.4 is 0 Å². The summed E-state index contributed by atoms with van der Waals surface area (Å²) in [5, 5.41) is 10.2. The van der Waals surface area contributed by atoms with Gasteiger partial charge < -0.3 is 9.84 Å². The van der Waals surface area contributed by atoms with Crippen LogP contribution in [0.25, 0.3) is 0 Å². The Morgan fingerprint density at radius 3 is 2.65 bits per heavy atom. The van der Waals surface area contributed by atoms with Crippen molar-refractivity contribution in [2.75, 3.05) is 45.6 Å². The standard InChI is InChI=1S/C14H25N3O4S2/c1-12(18)14-15-10-13(22-14)11-16-4-6-17(7-5-16)23(19,20)9-3-8-21-2/h10,12,18H,3-9,11H2,1-2H3/t12-/m1/s1. The van der Waals surface area contributed by atoms with E-state index in [0.29, 0.717) is 39.2 Å². The molecule has 0 aromatic carbocycles. The van der Waals surface area contributed by atoms with E-state index in [1.807, 2.05) is 0 Å². The second-order valence-electron chi connectivity index (χ2n) is 5.68. The lowest BCUT2D eigenvalue weighted by Crippen LogP contribution is -2.48. The number of nitrogens with zero attached hydrogens (tertiary/aromatic N) is 3. The van der Waals surface area contributed by atoms with Crippen molar-refractivity contribution >= 4 is 21.4 Å². The summed E-state index contributed by atoms with van der Waals surface area (Å²) in [6, 6.07) is 0. The van der Waals surface area contributed by atoms with Gasteiger partial charge in [0, 0.05) is 57.5 Å². The fourth-order valence-electron chi connectivity index (χ4n) is 2.49. The summed E-state index contributed by atoms with van der Waals surface area (Å²) < 4.78 is 30.9. The molecule has 0 unspecified atom stereocenters. The molecule has 7 nitrogen and oxygen atoms in total. The number of thiazole rings is 1. The Morgan fingerprint density at radius 2 is 2.09 bits per heavy atom. The Balaban J connectivity index is 1.81. The van der Waals surface area contributed by atoms with Crippen LogP contribution in [-0.4, -0.2) is 73.4 Å². The van der Waals surface area contributed by atoms with Crippen LogP contribution in [0.4, 0.5) is 0 Å². The molecule has 1 aromatic rings. The van der Waals surface area contributed by atoms with Gasteiger partial charge in [-0.15, -0.1) is 11.3 Å². The molecule has 1 aliphatic rings. The SMILES string of the molecule is COCCCS(=O)(=O)N1CCN(Cc2cnc([C@@H](C)O)s2)CC1. The third-order valence-electron chi connectivity index (χ3n) is 3.78. The van der Waals surface area contributed by atoms with Gasteiger partial charge in [0.15, 0.2) is 0 Å². The predicted molar refractivity (Wildman–Crippen MR) is 89.9 cm³/mol. The third-order valence-corrected chi connectivity index (χ3v) is 6.89. The van der Waals surface area contributed by atoms with E-state index in [9.17, 15) is 13.5 Å². The number of rotatable bonds is 8. The van der Waals surface area contributed by atoms with Crippen LogP contribution in [-0.2, 0) is 21.3 Å². The third kappa shape index (κ3) is 5.47. The molecule has 1 aromatic heterocycles. The fourth-order valence-corrected chi connectivity index (χ4v) is 4.85. The molecule has 0 spiro atoms. The number of methoxy groups -OCH3 is 1. The Hall–Kier alpha value is -0.580. The van der Waals surface area contributed by atoms with Crippen molar-refractivity contribution < 1.29 is 18.3 Å². The van der Waals surface area contributed by atoms with Crippen molar-refractivity contribution in [1.82, 2.24) is 14.2 Å². The highest BCUT2D eigenvalue weighted by Gasteiger charge is 2.26. The number of hydrogen-bond donors (Lipinski definition) is 1. The molecule has 0 radical (unpaired) electrons. The van der Waals surface area contributed by atoms with Crippen molar-refractivity contribution in [2.24, 2.45) is 0 Å². The first-order valence-corrected chi connectivity index (χ1v) is 10.2. The zero-order valence-corrected chi connectivity index (χ0v) is 15.3. The minimum absolute atomic E-state index is 0.146. The van der Waals surface area contributed by atoms with Crippen LogP contribution in [0.5, 0.6) is 0 Å². The molecule has 1 saturated heterocycles. The normalized spacial score (nSPS) is 19.1. The first-order valence-electron chi connectivity index (χ1n) is 7.74. The zero-order chi connectivity index (χ0) is 16.9. The van der Waals surface area contributed by atoms with Gasteiger partial charge in [-0.05, 0) is 13.3 Å². The maximum Gasteiger partial charge on any atom is 0.214 e. The lowest BCUT2D eigenvalue weighted by Gasteiger charge is -2.33. The van der Waals surface area contributed by atoms with Gasteiger partial charge in [0.1, 0.15) is 11.1 Å². The monoisotopic (exact) mass is 363 g/mol. The molecule has 9 heteroatoms. The Labute approximate surface area is 141 Å². The Bertz CT molecular complexity index is 581. The van der Waals surface area contributed by atoms with E-state index >= 15 is 0 Å². The van der Waals surface area contributed by atoms with Gasteiger partial charge >= 0.3 is 0 Å². The van der Waals surface area contributed by atoms with E-state index in [4.69, 9.17) is 4.74 Å². The summed E-state index contributed by atoms with van der Waals surface area (Å²) >= 11 is 1.51. The molecule has 1 atom stereocenters. The molecule has 0 amide bonds. The van der Waals surface area contributed by atoms with E-state index in [1.165, 1.54) is 11.3 Å². The lowest BCUT2D eigenvalue weighted by molar-refractivity contribution is 0.181. The summed E-state index contributed by atoms with van der Waals surface area (Å²) in [5.74, 6) is 0.146. The molecular weight excluding hydrogens is 338 g/mol. The van der Waals surface area contributed by atoms with Crippen LogP contribution in [0.2, 0.25) is 0 Å². The van der Waals surface area contributed by atoms with Crippen LogP contribution in [0.15, 0.2) is 6.20 Å². The van der Waals surface area contributed by atoms with Crippen LogP contribution in [0.3, 0.4) is 0 Å². The zero-order valence-electron chi connectivity index (χ0n) is 13.6. The van der Waals surface area contributed by atoms with E-state index in [2.05, 4.69) is 9.88 Å². The van der Waals surface area contributed by atoms with Gasteiger partial charge in [-0.25, -0.2) is 13.4 Å². The summed E-state index contributed by atoms with van der Waals surface area (Å²) in [5.41, 5.74) is 0. The van der Waals surface area contributed by atoms with E-state index < -0.39 is 16.1 Å².